The molecule has 1 atom stereocenters. The normalized spacial score (nSPS) is 12.4. The van der Waals surface area contributed by atoms with Gasteiger partial charge in [-0.15, -0.1) is 0 Å². The van der Waals surface area contributed by atoms with E-state index in [1.54, 1.807) is 0 Å². The van der Waals surface area contributed by atoms with Crippen molar-refractivity contribution in [1.29, 1.82) is 0 Å². The minimum atomic E-state index is -0.527. The lowest BCUT2D eigenvalue weighted by molar-refractivity contribution is -0.140. The molecule has 25 heavy (non-hydrogen) atoms. The Morgan fingerprint density at radius 1 is 1.20 bits per heavy atom. The summed E-state index contributed by atoms with van der Waals surface area (Å²) >= 11 is 1.12. The van der Waals surface area contributed by atoms with Crippen molar-refractivity contribution in [3.05, 3.63) is 26.7 Å². The quantitative estimate of drug-likeness (QED) is 0.405. The summed E-state index contributed by atoms with van der Waals surface area (Å²) in [5.41, 5.74) is -0.794. The smallest absolute Gasteiger partial charge is 0.332 e. The molecule has 0 aliphatic carbocycles. The zero-order valence-electron chi connectivity index (χ0n) is 14.7. The van der Waals surface area contributed by atoms with Crippen molar-refractivity contribution in [2.24, 2.45) is 14.1 Å². The molecule has 0 saturated carbocycles. The first kappa shape index (κ1) is 19.1. The molecule has 10 heteroatoms. The Kier molecular flexibility index (Phi) is 5.96. The molecule has 2 heterocycles. The first-order valence-corrected chi connectivity index (χ1v) is 8.43. The number of carbonyl (C=O) groups is 1. The van der Waals surface area contributed by atoms with E-state index in [1.165, 1.54) is 32.9 Å². The van der Waals surface area contributed by atoms with E-state index in [1.807, 2.05) is 6.92 Å². The van der Waals surface area contributed by atoms with Gasteiger partial charge in [-0.05, 0) is 6.42 Å². The number of fused-ring (bicyclic) bond motifs is 1. The molecular formula is C15H20N4O5S. The first-order chi connectivity index (χ1) is 11.8. The summed E-state index contributed by atoms with van der Waals surface area (Å²) in [4.78, 5) is 45.3. The molecule has 136 valence electrons. The molecule has 0 spiro atoms. The molecular weight excluding hydrogens is 348 g/mol. The number of rotatable bonds is 6. The van der Waals surface area contributed by atoms with Gasteiger partial charge in [0.2, 0.25) is 0 Å². The Morgan fingerprint density at radius 2 is 1.88 bits per heavy atom. The summed E-state index contributed by atoms with van der Waals surface area (Å²) in [6, 6.07) is 0. The van der Waals surface area contributed by atoms with Crippen LogP contribution in [0, 0.1) is 0 Å². The number of carbonyl (C=O) groups excluding carboxylic acids is 1. The average Bonchev–Trinajstić information content (AvgIpc) is 2.61. The summed E-state index contributed by atoms with van der Waals surface area (Å²) < 4.78 is 12.1. The third-order valence-electron chi connectivity index (χ3n) is 3.68. The number of esters is 1. The molecule has 0 aliphatic rings. The van der Waals surface area contributed by atoms with Gasteiger partial charge in [-0.2, -0.15) is 0 Å². The molecule has 2 rings (SSSR count). The van der Waals surface area contributed by atoms with E-state index in [0.29, 0.717) is 17.3 Å². The van der Waals surface area contributed by atoms with Gasteiger partial charge in [-0.3, -0.25) is 18.7 Å². The van der Waals surface area contributed by atoms with Crippen LogP contribution < -0.4 is 11.2 Å². The number of aromatic nitrogens is 4. The Bertz CT molecular complexity index is 921. The van der Waals surface area contributed by atoms with Crippen LogP contribution in [-0.4, -0.2) is 44.5 Å². The van der Waals surface area contributed by atoms with Gasteiger partial charge in [-0.1, -0.05) is 18.7 Å². The van der Waals surface area contributed by atoms with Crippen molar-refractivity contribution in [1.82, 2.24) is 19.1 Å². The minimum absolute atomic E-state index is 0.113. The van der Waals surface area contributed by atoms with Crippen LogP contribution in [0.4, 0.5) is 0 Å². The van der Waals surface area contributed by atoms with E-state index < -0.39 is 22.5 Å². The topological polar surface area (TPSA) is 105 Å². The van der Waals surface area contributed by atoms with Crippen molar-refractivity contribution < 1.29 is 14.3 Å². The predicted molar refractivity (Wildman–Crippen MR) is 92.7 cm³/mol. The van der Waals surface area contributed by atoms with E-state index in [9.17, 15) is 14.4 Å². The SMILES string of the molecule is CC[C@@H](Sc1nc(COC)nc2c1c(=O)n(C)c(=O)n2C)C(=O)OC. The average molecular weight is 368 g/mol. The number of nitrogens with zero attached hydrogens (tertiary/aromatic N) is 4. The number of methoxy groups -OCH3 is 2. The second-order valence-corrected chi connectivity index (χ2v) is 6.51. The molecule has 0 aromatic carbocycles. The molecule has 2 aromatic heterocycles. The van der Waals surface area contributed by atoms with Crippen LogP contribution in [0.1, 0.15) is 19.2 Å². The van der Waals surface area contributed by atoms with Crippen LogP contribution in [0.15, 0.2) is 14.6 Å². The number of thioether (sulfide) groups is 1. The summed E-state index contributed by atoms with van der Waals surface area (Å²) in [7, 11) is 5.72. The van der Waals surface area contributed by atoms with E-state index in [2.05, 4.69) is 9.97 Å². The maximum absolute atomic E-state index is 12.6. The summed E-state index contributed by atoms with van der Waals surface area (Å²) in [6.07, 6.45) is 0.495. The standard InChI is InChI=1S/C15H20N4O5S/c1-6-8(14(21)24-5)25-12-10-11(16-9(17-12)7-23-4)18(2)15(22)19(3)13(10)20/h8H,6-7H2,1-5H3/t8-/m1/s1. The van der Waals surface area contributed by atoms with Gasteiger partial charge in [0.1, 0.15) is 22.3 Å². The molecule has 0 bridgehead atoms. The first-order valence-electron chi connectivity index (χ1n) is 7.55. The van der Waals surface area contributed by atoms with Crippen molar-refractivity contribution in [2.75, 3.05) is 14.2 Å². The van der Waals surface area contributed by atoms with E-state index in [4.69, 9.17) is 9.47 Å². The molecule has 2 aromatic rings. The van der Waals surface area contributed by atoms with E-state index in [-0.39, 0.29) is 17.6 Å². The molecule has 9 nitrogen and oxygen atoms in total. The fourth-order valence-corrected chi connectivity index (χ4v) is 3.40. The maximum Gasteiger partial charge on any atom is 0.332 e. The van der Waals surface area contributed by atoms with Gasteiger partial charge in [0.25, 0.3) is 5.56 Å². The van der Waals surface area contributed by atoms with E-state index >= 15 is 0 Å². The third-order valence-corrected chi connectivity index (χ3v) is 5.00. The van der Waals surface area contributed by atoms with Crippen LogP contribution in [0.2, 0.25) is 0 Å². The van der Waals surface area contributed by atoms with Crippen molar-refractivity contribution in [3.63, 3.8) is 0 Å². The minimum Gasteiger partial charge on any atom is -0.468 e. The van der Waals surface area contributed by atoms with Gasteiger partial charge in [0.05, 0.1) is 7.11 Å². The molecule has 0 N–H and O–H groups in total. The van der Waals surface area contributed by atoms with Gasteiger partial charge in [-0.25, -0.2) is 14.8 Å². The van der Waals surface area contributed by atoms with Gasteiger partial charge in [0, 0.05) is 21.2 Å². The zero-order valence-corrected chi connectivity index (χ0v) is 15.5. The third kappa shape index (κ3) is 3.59. The van der Waals surface area contributed by atoms with Crippen molar-refractivity contribution >= 4 is 28.8 Å². The van der Waals surface area contributed by atoms with Gasteiger partial charge >= 0.3 is 11.7 Å². The number of aryl methyl sites for hydroxylation is 1. The summed E-state index contributed by atoms with van der Waals surface area (Å²) in [6.45, 7) is 1.95. The monoisotopic (exact) mass is 368 g/mol. The zero-order chi connectivity index (χ0) is 18.7. The van der Waals surface area contributed by atoms with Crippen LogP contribution in [-0.2, 0) is 35.0 Å². The molecule has 0 fully saturated rings. The molecule has 0 unspecified atom stereocenters. The van der Waals surface area contributed by atoms with E-state index in [0.717, 1.165) is 16.3 Å². The molecule has 0 saturated heterocycles. The predicted octanol–water partition coefficient (Wildman–Crippen LogP) is 0.217. The van der Waals surface area contributed by atoms with Crippen molar-refractivity contribution in [2.45, 2.75) is 30.2 Å². The van der Waals surface area contributed by atoms with Crippen molar-refractivity contribution in [3.8, 4) is 0 Å². The number of hydrogen-bond donors (Lipinski definition) is 0. The van der Waals surface area contributed by atoms with Crippen LogP contribution >= 0.6 is 11.8 Å². The number of ether oxygens (including phenoxy) is 2. The Balaban J connectivity index is 2.78. The lowest BCUT2D eigenvalue weighted by atomic mass is 10.3. The fourth-order valence-electron chi connectivity index (χ4n) is 2.32. The highest BCUT2D eigenvalue weighted by molar-refractivity contribution is 8.00. The lowest BCUT2D eigenvalue weighted by Crippen LogP contribution is -2.38. The van der Waals surface area contributed by atoms with Gasteiger partial charge in [0.15, 0.2) is 11.5 Å². The Morgan fingerprint density at radius 3 is 2.44 bits per heavy atom. The van der Waals surface area contributed by atoms with Gasteiger partial charge < -0.3 is 9.47 Å². The van der Waals surface area contributed by atoms with Crippen LogP contribution in [0.5, 0.6) is 0 Å². The van der Waals surface area contributed by atoms with Crippen LogP contribution in [0.3, 0.4) is 0 Å². The van der Waals surface area contributed by atoms with Crippen LogP contribution in [0.25, 0.3) is 11.0 Å². The highest BCUT2D eigenvalue weighted by atomic mass is 32.2. The second kappa shape index (κ2) is 7.79. The Hall–Kier alpha value is -2.20. The highest BCUT2D eigenvalue weighted by Gasteiger charge is 2.24. The molecule has 0 amide bonds. The molecule has 0 radical (unpaired) electrons. The summed E-state index contributed by atoms with van der Waals surface area (Å²) in [5.74, 6) is -0.0883. The lowest BCUT2D eigenvalue weighted by Gasteiger charge is -2.15. The number of hydrogen-bond acceptors (Lipinski definition) is 8. The second-order valence-electron chi connectivity index (χ2n) is 5.32. The maximum atomic E-state index is 12.6. The summed E-state index contributed by atoms with van der Waals surface area (Å²) in [5, 5.41) is -0.0114. The fraction of sp³-hybridized carbons (Fsp3) is 0.533. The molecule has 0 aliphatic heterocycles. The Labute approximate surface area is 148 Å². The highest BCUT2D eigenvalue weighted by Crippen LogP contribution is 2.28. The largest absolute Gasteiger partial charge is 0.468 e.